The Bertz CT molecular complexity index is 967. The Labute approximate surface area is 158 Å². The van der Waals surface area contributed by atoms with Gasteiger partial charge < -0.3 is 9.15 Å². The summed E-state index contributed by atoms with van der Waals surface area (Å²) in [5, 5.41) is 0.856. The zero-order valence-corrected chi connectivity index (χ0v) is 15.8. The fourth-order valence-electron chi connectivity index (χ4n) is 2.45. The lowest BCUT2D eigenvalue weighted by atomic mass is 10.1. The molecule has 2 amide bonds. The van der Waals surface area contributed by atoms with Crippen molar-refractivity contribution in [2.75, 3.05) is 0 Å². The zero-order chi connectivity index (χ0) is 18.7. The number of benzene rings is 2. The maximum absolute atomic E-state index is 12.3. The number of furan rings is 1. The summed E-state index contributed by atoms with van der Waals surface area (Å²) in [5.41, 5.74) is 6.04. The van der Waals surface area contributed by atoms with Crippen LogP contribution >= 0.6 is 15.9 Å². The number of ether oxygens (including phenoxy) is 1. The monoisotopic (exact) mass is 416 g/mol. The number of rotatable bonds is 4. The van der Waals surface area contributed by atoms with Crippen LogP contribution in [0.25, 0.3) is 11.0 Å². The number of carbonyl (C=O) groups is 2. The van der Waals surface area contributed by atoms with E-state index < -0.39 is 17.9 Å². The summed E-state index contributed by atoms with van der Waals surface area (Å²) in [6, 6.07) is 14.6. The molecule has 0 aliphatic heterocycles. The third kappa shape index (κ3) is 3.72. The van der Waals surface area contributed by atoms with Gasteiger partial charge in [-0.25, -0.2) is 0 Å². The Kier molecular flexibility index (Phi) is 5.27. The fraction of sp³-hybridized carbons (Fsp3) is 0.158. The lowest BCUT2D eigenvalue weighted by Crippen LogP contribution is -2.47. The van der Waals surface area contributed by atoms with Crippen LogP contribution in [-0.4, -0.2) is 17.9 Å². The Balaban J connectivity index is 1.62. The Hall–Kier alpha value is -2.80. The number of aryl methyl sites for hydroxylation is 1. The first-order chi connectivity index (χ1) is 12.5. The van der Waals surface area contributed by atoms with Crippen LogP contribution in [0.1, 0.15) is 23.0 Å². The molecule has 0 saturated carbocycles. The molecular weight excluding hydrogens is 400 g/mol. The summed E-state index contributed by atoms with van der Waals surface area (Å²) < 4.78 is 11.9. The summed E-state index contributed by atoms with van der Waals surface area (Å²) in [6.07, 6.45) is -0.800. The summed E-state index contributed by atoms with van der Waals surface area (Å²) in [7, 11) is 0. The molecule has 3 aromatic rings. The van der Waals surface area contributed by atoms with E-state index in [1.807, 2.05) is 30.3 Å². The van der Waals surface area contributed by atoms with Gasteiger partial charge >= 0.3 is 5.91 Å². The number of amides is 2. The minimum atomic E-state index is -0.800. The lowest BCUT2D eigenvalue weighted by Gasteiger charge is -2.15. The van der Waals surface area contributed by atoms with Crippen molar-refractivity contribution in [1.29, 1.82) is 0 Å². The van der Waals surface area contributed by atoms with E-state index >= 15 is 0 Å². The van der Waals surface area contributed by atoms with Crippen molar-refractivity contribution in [3.8, 4) is 5.75 Å². The molecule has 0 fully saturated rings. The van der Waals surface area contributed by atoms with Crippen LogP contribution in [-0.2, 0) is 4.79 Å². The summed E-state index contributed by atoms with van der Waals surface area (Å²) >= 11 is 3.35. The fourth-order valence-corrected chi connectivity index (χ4v) is 2.83. The molecule has 0 saturated heterocycles. The molecule has 0 aliphatic carbocycles. The Morgan fingerprint density at radius 3 is 2.50 bits per heavy atom. The number of hydrazine groups is 1. The van der Waals surface area contributed by atoms with Gasteiger partial charge in [0.1, 0.15) is 11.3 Å². The van der Waals surface area contributed by atoms with Crippen LogP contribution in [0, 0.1) is 6.92 Å². The molecule has 0 spiro atoms. The average molecular weight is 417 g/mol. The van der Waals surface area contributed by atoms with Gasteiger partial charge in [-0.2, -0.15) is 0 Å². The van der Waals surface area contributed by atoms with Gasteiger partial charge in [-0.1, -0.05) is 30.3 Å². The molecule has 1 unspecified atom stereocenters. The Morgan fingerprint density at radius 1 is 1.08 bits per heavy atom. The van der Waals surface area contributed by atoms with Gasteiger partial charge in [-0.3, -0.25) is 20.4 Å². The molecule has 2 N–H and O–H groups in total. The molecule has 0 bridgehead atoms. The molecule has 0 radical (unpaired) electrons. The number of para-hydroxylation sites is 2. The van der Waals surface area contributed by atoms with Crippen molar-refractivity contribution in [2.24, 2.45) is 0 Å². The number of carbonyl (C=O) groups excluding carboxylic acids is 2. The molecule has 1 atom stereocenters. The van der Waals surface area contributed by atoms with E-state index in [4.69, 9.17) is 9.15 Å². The normalized spacial score (nSPS) is 11.8. The van der Waals surface area contributed by atoms with Gasteiger partial charge in [0.25, 0.3) is 5.91 Å². The van der Waals surface area contributed by atoms with Crippen molar-refractivity contribution in [1.82, 2.24) is 10.9 Å². The van der Waals surface area contributed by atoms with Crippen LogP contribution in [0.4, 0.5) is 0 Å². The van der Waals surface area contributed by atoms with Crippen LogP contribution in [0.15, 0.2) is 57.4 Å². The van der Waals surface area contributed by atoms with Crippen LogP contribution in [0.5, 0.6) is 5.75 Å². The van der Waals surface area contributed by atoms with Crippen LogP contribution in [0.2, 0.25) is 0 Å². The smallest absolute Gasteiger partial charge is 0.305 e. The SMILES string of the molecule is Cc1c(C(=O)NNC(=O)C(C)Oc2ccccc2Br)oc2ccccc12. The number of halogens is 1. The third-order valence-corrected chi connectivity index (χ3v) is 4.51. The number of fused-ring (bicyclic) bond motifs is 1. The molecule has 3 rings (SSSR count). The second kappa shape index (κ2) is 7.61. The molecule has 6 nitrogen and oxygen atoms in total. The van der Waals surface area contributed by atoms with Crippen LogP contribution in [0.3, 0.4) is 0 Å². The first-order valence-corrected chi connectivity index (χ1v) is 8.76. The Morgan fingerprint density at radius 2 is 1.77 bits per heavy atom. The van der Waals surface area contributed by atoms with Crippen molar-refractivity contribution < 1.29 is 18.7 Å². The number of nitrogens with one attached hydrogen (secondary N) is 2. The quantitative estimate of drug-likeness (QED) is 0.634. The summed E-state index contributed by atoms with van der Waals surface area (Å²) in [6.45, 7) is 3.38. The molecule has 2 aromatic carbocycles. The average Bonchev–Trinajstić information content (AvgIpc) is 2.98. The predicted molar refractivity (Wildman–Crippen MR) is 101 cm³/mol. The second-order valence-electron chi connectivity index (χ2n) is 5.69. The zero-order valence-electron chi connectivity index (χ0n) is 14.2. The molecule has 7 heteroatoms. The number of hydrogen-bond acceptors (Lipinski definition) is 4. The molecular formula is C19H17BrN2O4. The maximum Gasteiger partial charge on any atom is 0.305 e. The standard InChI is InChI=1S/C19H17BrN2O4/c1-11-13-7-3-5-9-15(13)26-17(11)19(24)22-21-18(23)12(2)25-16-10-6-4-8-14(16)20/h3-10,12H,1-2H3,(H,21,23)(H,22,24). The summed E-state index contributed by atoms with van der Waals surface area (Å²) in [4.78, 5) is 24.5. The van der Waals surface area contributed by atoms with Crippen LogP contribution < -0.4 is 15.6 Å². The summed E-state index contributed by atoms with van der Waals surface area (Å²) in [5.74, 6) is -0.316. The van der Waals surface area contributed by atoms with E-state index in [2.05, 4.69) is 26.8 Å². The highest BCUT2D eigenvalue weighted by molar-refractivity contribution is 9.10. The first-order valence-electron chi connectivity index (χ1n) is 7.97. The number of hydrogen-bond donors (Lipinski definition) is 2. The van der Waals surface area contributed by atoms with Crippen molar-refractivity contribution >= 4 is 38.7 Å². The first kappa shape index (κ1) is 18.0. The van der Waals surface area contributed by atoms with Gasteiger partial charge in [0, 0.05) is 10.9 Å². The second-order valence-corrected chi connectivity index (χ2v) is 6.54. The van der Waals surface area contributed by atoms with E-state index in [9.17, 15) is 9.59 Å². The van der Waals surface area contributed by atoms with Gasteiger partial charge in [0.05, 0.1) is 4.47 Å². The molecule has 0 aliphatic rings. The van der Waals surface area contributed by atoms with E-state index in [1.54, 1.807) is 32.0 Å². The van der Waals surface area contributed by atoms with E-state index in [0.29, 0.717) is 16.9 Å². The minimum Gasteiger partial charge on any atom is -0.480 e. The van der Waals surface area contributed by atoms with Crippen molar-refractivity contribution in [3.63, 3.8) is 0 Å². The van der Waals surface area contributed by atoms with Gasteiger partial charge in [-0.15, -0.1) is 0 Å². The van der Waals surface area contributed by atoms with Gasteiger partial charge in [-0.05, 0) is 48.0 Å². The topological polar surface area (TPSA) is 80.6 Å². The molecule has 134 valence electrons. The van der Waals surface area contributed by atoms with Gasteiger partial charge in [0.15, 0.2) is 11.9 Å². The van der Waals surface area contributed by atoms with Crippen molar-refractivity contribution in [2.45, 2.75) is 20.0 Å². The predicted octanol–water partition coefficient (Wildman–Crippen LogP) is 3.73. The molecule has 1 heterocycles. The highest BCUT2D eigenvalue weighted by Crippen LogP contribution is 2.25. The lowest BCUT2D eigenvalue weighted by molar-refractivity contribution is -0.128. The third-order valence-electron chi connectivity index (χ3n) is 3.86. The van der Waals surface area contributed by atoms with E-state index in [-0.39, 0.29) is 5.76 Å². The van der Waals surface area contributed by atoms with Crippen molar-refractivity contribution in [3.05, 3.63) is 64.3 Å². The van der Waals surface area contributed by atoms with E-state index in [1.165, 1.54) is 0 Å². The maximum atomic E-state index is 12.3. The van der Waals surface area contributed by atoms with E-state index in [0.717, 1.165) is 9.86 Å². The molecule has 26 heavy (non-hydrogen) atoms. The van der Waals surface area contributed by atoms with Gasteiger partial charge in [0.2, 0.25) is 0 Å². The highest BCUT2D eigenvalue weighted by atomic mass is 79.9. The molecule has 1 aromatic heterocycles. The highest BCUT2D eigenvalue weighted by Gasteiger charge is 2.20. The largest absolute Gasteiger partial charge is 0.480 e. The minimum absolute atomic E-state index is 0.158.